The minimum Gasteiger partial charge on any atom is -0.306 e. The molecule has 1 rings (SSSR count). The van der Waals surface area contributed by atoms with Gasteiger partial charge in [-0.3, -0.25) is 0 Å². The number of likely N-dealkylation sites (tertiary alicyclic amines) is 1. The topological polar surface area (TPSA) is 27.0 Å². The predicted molar refractivity (Wildman–Crippen MR) is 54.3 cm³/mol. The van der Waals surface area contributed by atoms with Crippen LogP contribution in [-0.2, 0) is 0 Å². The maximum Gasteiger partial charge on any atom is 0.0621 e. The molecule has 0 bridgehead atoms. The van der Waals surface area contributed by atoms with E-state index < -0.39 is 0 Å². The summed E-state index contributed by atoms with van der Waals surface area (Å²) in [7, 11) is 2.20. The fourth-order valence-electron chi connectivity index (χ4n) is 2.08. The van der Waals surface area contributed by atoms with Crippen LogP contribution in [0.1, 0.15) is 38.5 Å². The number of unbranched alkanes of at least 4 members (excludes halogenated alkanes) is 3. The molecule has 0 amide bonds. The standard InChI is InChI=1S/C11H20N2/c1-13-9-7-11(10-13)6-4-2-3-5-8-12/h11H,2-7,9-10H2,1H3. The normalized spacial score (nSPS) is 23.2. The third kappa shape index (κ3) is 4.28. The Bertz CT molecular complexity index is 171. The zero-order valence-electron chi connectivity index (χ0n) is 8.63. The number of hydrogen-bond acceptors (Lipinski definition) is 2. The Balaban J connectivity index is 1.92. The molecule has 13 heavy (non-hydrogen) atoms. The monoisotopic (exact) mass is 180 g/mol. The van der Waals surface area contributed by atoms with Crippen molar-refractivity contribution >= 4 is 0 Å². The Morgan fingerprint density at radius 1 is 1.38 bits per heavy atom. The fraction of sp³-hybridized carbons (Fsp3) is 0.909. The summed E-state index contributed by atoms with van der Waals surface area (Å²) < 4.78 is 0. The molecule has 0 radical (unpaired) electrons. The van der Waals surface area contributed by atoms with Crippen molar-refractivity contribution in [2.24, 2.45) is 5.92 Å². The molecule has 0 aliphatic carbocycles. The van der Waals surface area contributed by atoms with Gasteiger partial charge in [-0.2, -0.15) is 5.26 Å². The maximum absolute atomic E-state index is 8.36. The summed E-state index contributed by atoms with van der Waals surface area (Å²) in [6.45, 7) is 2.57. The van der Waals surface area contributed by atoms with Crippen LogP contribution in [0.15, 0.2) is 0 Å². The van der Waals surface area contributed by atoms with Crippen LogP contribution < -0.4 is 0 Å². The summed E-state index contributed by atoms with van der Waals surface area (Å²) in [5.41, 5.74) is 0. The van der Waals surface area contributed by atoms with E-state index in [-0.39, 0.29) is 0 Å². The van der Waals surface area contributed by atoms with E-state index in [4.69, 9.17) is 5.26 Å². The number of nitriles is 1. The first-order valence-corrected chi connectivity index (χ1v) is 5.38. The van der Waals surface area contributed by atoms with Crippen LogP contribution in [0.5, 0.6) is 0 Å². The molecule has 0 aromatic heterocycles. The first-order chi connectivity index (χ1) is 6.33. The lowest BCUT2D eigenvalue weighted by Gasteiger charge is -2.09. The van der Waals surface area contributed by atoms with Gasteiger partial charge in [-0.05, 0) is 38.8 Å². The summed E-state index contributed by atoms with van der Waals surface area (Å²) in [5, 5.41) is 8.36. The Morgan fingerprint density at radius 3 is 2.85 bits per heavy atom. The maximum atomic E-state index is 8.36. The molecule has 1 aliphatic heterocycles. The minimum absolute atomic E-state index is 0.741. The first-order valence-electron chi connectivity index (χ1n) is 5.38. The van der Waals surface area contributed by atoms with E-state index in [0.29, 0.717) is 0 Å². The van der Waals surface area contributed by atoms with Gasteiger partial charge in [-0.15, -0.1) is 0 Å². The van der Waals surface area contributed by atoms with E-state index in [1.165, 1.54) is 38.8 Å². The summed E-state index contributed by atoms with van der Waals surface area (Å²) in [5.74, 6) is 0.937. The minimum atomic E-state index is 0.741. The largest absolute Gasteiger partial charge is 0.306 e. The Morgan fingerprint density at radius 2 is 2.23 bits per heavy atom. The Hall–Kier alpha value is -0.550. The van der Waals surface area contributed by atoms with Crippen LogP contribution in [0.3, 0.4) is 0 Å². The molecule has 0 N–H and O–H groups in total. The molecule has 1 aliphatic rings. The van der Waals surface area contributed by atoms with E-state index in [1.54, 1.807) is 0 Å². The van der Waals surface area contributed by atoms with Crippen LogP contribution in [0.2, 0.25) is 0 Å². The molecule has 2 nitrogen and oxygen atoms in total. The molecule has 74 valence electrons. The van der Waals surface area contributed by atoms with Gasteiger partial charge in [0, 0.05) is 13.0 Å². The van der Waals surface area contributed by atoms with Crippen molar-refractivity contribution in [1.82, 2.24) is 4.90 Å². The SMILES string of the molecule is CN1CCC(CCCCCC#N)C1. The van der Waals surface area contributed by atoms with E-state index in [0.717, 1.165) is 18.8 Å². The van der Waals surface area contributed by atoms with Crippen LogP contribution in [0.25, 0.3) is 0 Å². The van der Waals surface area contributed by atoms with Gasteiger partial charge < -0.3 is 4.90 Å². The van der Waals surface area contributed by atoms with E-state index in [1.807, 2.05) is 0 Å². The second-order valence-electron chi connectivity index (χ2n) is 4.17. The molecule has 0 spiro atoms. The molecular formula is C11H20N2. The van der Waals surface area contributed by atoms with Crippen molar-refractivity contribution in [3.8, 4) is 6.07 Å². The summed E-state index contributed by atoms with van der Waals surface area (Å²) in [4.78, 5) is 2.42. The van der Waals surface area contributed by atoms with Crippen molar-refractivity contribution < 1.29 is 0 Å². The highest BCUT2D eigenvalue weighted by Gasteiger charge is 2.18. The third-order valence-corrected chi connectivity index (χ3v) is 2.89. The summed E-state index contributed by atoms with van der Waals surface area (Å²) in [6, 6.07) is 2.19. The van der Waals surface area contributed by atoms with Crippen molar-refractivity contribution in [1.29, 1.82) is 5.26 Å². The zero-order valence-corrected chi connectivity index (χ0v) is 8.63. The van der Waals surface area contributed by atoms with Gasteiger partial charge in [0.15, 0.2) is 0 Å². The molecule has 1 heterocycles. The molecule has 0 aromatic carbocycles. The summed E-state index contributed by atoms with van der Waals surface area (Å²) >= 11 is 0. The van der Waals surface area contributed by atoms with Crippen LogP contribution in [0, 0.1) is 17.2 Å². The molecule has 1 unspecified atom stereocenters. The van der Waals surface area contributed by atoms with Gasteiger partial charge in [0.25, 0.3) is 0 Å². The molecule has 0 aromatic rings. The molecule has 1 saturated heterocycles. The number of hydrogen-bond donors (Lipinski definition) is 0. The highest BCUT2D eigenvalue weighted by atomic mass is 15.1. The molecule has 1 atom stereocenters. The number of rotatable bonds is 5. The van der Waals surface area contributed by atoms with Crippen molar-refractivity contribution in [3.63, 3.8) is 0 Å². The van der Waals surface area contributed by atoms with E-state index >= 15 is 0 Å². The van der Waals surface area contributed by atoms with Crippen molar-refractivity contribution in [2.75, 3.05) is 20.1 Å². The highest BCUT2D eigenvalue weighted by molar-refractivity contribution is 4.73. The smallest absolute Gasteiger partial charge is 0.0621 e. The van der Waals surface area contributed by atoms with Gasteiger partial charge in [-0.25, -0.2) is 0 Å². The van der Waals surface area contributed by atoms with Gasteiger partial charge in [0.05, 0.1) is 6.07 Å². The average molecular weight is 180 g/mol. The average Bonchev–Trinajstić information content (AvgIpc) is 2.51. The molecule has 2 heteroatoms. The second-order valence-corrected chi connectivity index (χ2v) is 4.17. The van der Waals surface area contributed by atoms with Crippen molar-refractivity contribution in [2.45, 2.75) is 38.5 Å². The van der Waals surface area contributed by atoms with Crippen LogP contribution in [0.4, 0.5) is 0 Å². The quantitative estimate of drug-likeness (QED) is 0.607. The van der Waals surface area contributed by atoms with Gasteiger partial charge in [0.1, 0.15) is 0 Å². The van der Waals surface area contributed by atoms with Gasteiger partial charge in [0.2, 0.25) is 0 Å². The predicted octanol–water partition coefficient (Wildman–Crippen LogP) is 2.41. The molecular weight excluding hydrogens is 160 g/mol. The number of nitrogens with zero attached hydrogens (tertiary/aromatic N) is 2. The van der Waals surface area contributed by atoms with Crippen LogP contribution in [-0.4, -0.2) is 25.0 Å². The lowest BCUT2D eigenvalue weighted by Crippen LogP contribution is -2.13. The van der Waals surface area contributed by atoms with E-state index in [2.05, 4.69) is 18.0 Å². The highest BCUT2D eigenvalue weighted by Crippen LogP contribution is 2.20. The van der Waals surface area contributed by atoms with Crippen LogP contribution >= 0.6 is 0 Å². The lowest BCUT2D eigenvalue weighted by molar-refractivity contribution is 0.382. The first kappa shape index (κ1) is 10.5. The Labute approximate surface area is 81.5 Å². The van der Waals surface area contributed by atoms with Gasteiger partial charge >= 0.3 is 0 Å². The molecule has 0 saturated carbocycles. The van der Waals surface area contributed by atoms with Gasteiger partial charge in [-0.1, -0.05) is 12.8 Å². The third-order valence-electron chi connectivity index (χ3n) is 2.89. The summed E-state index contributed by atoms with van der Waals surface area (Å²) in [6.07, 6.45) is 7.15. The molecule has 1 fully saturated rings. The fourth-order valence-corrected chi connectivity index (χ4v) is 2.08. The zero-order chi connectivity index (χ0) is 9.52. The van der Waals surface area contributed by atoms with Crippen molar-refractivity contribution in [3.05, 3.63) is 0 Å². The Kier molecular flexibility index (Phi) is 4.85. The van der Waals surface area contributed by atoms with E-state index in [9.17, 15) is 0 Å². The lowest BCUT2D eigenvalue weighted by atomic mass is 10.0. The second kappa shape index (κ2) is 5.99.